The first kappa shape index (κ1) is 36.0. The number of para-hydroxylation sites is 1. The number of ether oxygens (including phenoxy) is 1. The van der Waals surface area contributed by atoms with Crippen LogP contribution >= 0.6 is 11.6 Å². The van der Waals surface area contributed by atoms with Gasteiger partial charge in [0.25, 0.3) is 0 Å². The number of carbonyl (C=O) groups excluding carboxylic acids is 1. The molecule has 2 fully saturated rings. The average molecular weight is 683 g/mol. The number of unbranched alkanes of at least 4 members (excludes halogenated alkanes) is 1. The number of aliphatic hydroxyl groups is 5. The fraction of sp³-hybridized carbons (Fsp3) is 0.500. The molecule has 1 aromatic heterocycles. The maximum atomic E-state index is 12.1. The Morgan fingerprint density at radius 2 is 1.75 bits per heavy atom. The zero-order chi connectivity index (χ0) is 34.3. The largest absolute Gasteiger partial charge is 0.490 e. The van der Waals surface area contributed by atoms with E-state index in [1.54, 1.807) is 0 Å². The highest BCUT2D eigenvalue weighted by Crippen LogP contribution is 2.50. The second-order valence-electron chi connectivity index (χ2n) is 12.9. The van der Waals surface area contributed by atoms with E-state index >= 15 is 0 Å². The molecule has 3 aromatic rings. The van der Waals surface area contributed by atoms with E-state index in [-0.39, 0.29) is 12.1 Å². The topological polar surface area (TPSA) is 176 Å². The Kier molecular flexibility index (Phi) is 12.3. The van der Waals surface area contributed by atoms with Gasteiger partial charge in [0, 0.05) is 48.2 Å². The van der Waals surface area contributed by atoms with E-state index in [2.05, 4.69) is 52.1 Å². The lowest BCUT2D eigenvalue weighted by Crippen LogP contribution is -2.50. The molecule has 0 saturated heterocycles. The van der Waals surface area contributed by atoms with E-state index in [0.717, 1.165) is 72.1 Å². The predicted octanol–water partition coefficient (Wildman–Crippen LogP) is 3.09. The molecule has 8 N–H and O–H groups in total. The second-order valence-corrected chi connectivity index (χ2v) is 13.3. The van der Waals surface area contributed by atoms with Gasteiger partial charge in [-0.2, -0.15) is 0 Å². The van der Waals surface area contributed by atoms with E-state index in [9.17, 15) is 25.2 Å². The molecule has 2 amide bonds. The van der Waals surface area contributed by atoms with E-state index < -0.39 is 37.1 Å². The lowest BCUT2D eigenvalue weighted by molar-refractivity contribution is -0.113. The summed E-state index contributed by atoms with van der Waals surface area (Å²) in [6.07, 6.45) is 4.10. The Morgan fingerprint density at radius 3 is 2.48 bits per heavy atom. The van der Waals surface area contributed by atoms with Gasteiger partial charge in [-0.3, -0.25) is 4.98 Å². The van der Waals surface area contributed by atoms with Crippen LogP contribution < -0.4 is 20.7 Å². The third-order valence-corrected chi connectivity index (χ3v) is 9.51. The number of amides is 2. The maximum Gasteiger partial charge on any atom is 0.314 e. The van der Waals surface area contributed by atoms with Crippen LogP contribution in [0.25, 0.3) is 11.1 Å². The van der Waals surface area contributed by atoms with Gasteiger partial charge in [0.2, 0.25) is 0 Å². The number of rotatable bonds is 18. The quantitative estimate of drug-likeness (QED) is 0.0938. The molecule has 0 spiro atoms. The molecule has 4 unspecified atom stereocenters. The van der Waals surface area contributed by atoms with Gasteiger partial charge >= 0.3 is 6.03 Å². The minimum Gasteiger partial charge on any atom is -0.490 e. The minimum absolute atomic E-state index is 0.174. The van der Waals surface area contributed by atoms with E-state index in [0.29, 0.717) is 30.6 Å². The molecule has 2 aromatic carbocycles. The number of hydrogen-bond acceptors (Lipinski definition) is 9. The molecule has 2 aliphatic carbocycles. The second kappa shape index (κ2) is 16.4. The lowest BCUT2D eigenvalue weighted by Gasteiger charge is -2.25. The summed E-state index contributed by atoms with van der Waals surface area (Å²) in [7, 11) is 0. The molecule has 0 aliphatic heterocycles. The van der Waals surface area contributed by atoms with Crippen LogP contribution in [-0.4, -0.2) is 86.8 Å². The fourth-order valence-corrected chi connectivity index (χ4v) is 6.13. The van der Waals surface area contributed by atoms with Gasteiger partial charge in [-0.25, -0.2) is 4.79 Å². The summed E-state index contributed by atoms with van der Waals surface area (Å²) in [5.74, 6) is 0.919. The number of hydrogen-bond donors (Lipinski definition) is 8. The normalized spacial score (nSPS) is 17.6. The fourth-order valence-electron chi connectivity index (χ4n) is 5.87. The van der Waals surface area contributed by atoms with Crippen molar-refractivity contribution in [2.24, 2.45) is 0 Å². The van der Waals surface area contributed by atoms with Crippen LogP contribution in [0, 0.1) is 6.92 Å². The molecule has 260 valence electrons. The van der Waals surface area contributed by atoms with E-state index in [1.165, 1.54) is 5.56 Å². The summed E-state index contributed by atoms with van der Waals surface area (Å²) in [5.41, 5.74) is 6.58. The van der Waals surface area contributed by atoms with Crippen molar-refractivity contribution in [1.29, 1.82) is 0 Å². The van der Waals surface area contributed by atoms with Gasteiger partial charge < -0.3 is 46.2 Å². The average Bonchev–Trinajstić information content (AvgIpc) is 4.04. The molecule has 0 radical (unpaired) electrons. The Hall–Kier alpha value is -3.29. The number of aromatic nitrogens is 1. The number of nitrogens with zero attached hydrogens (tertiary/aromatic N) is 1. The summed E-state index contributed by atoms with van der Waals surface area (Å²) in [6, 6.07) is 14.0. The van der Waals surface area contributed by atoms with Crippen molar-refractivity contribution >= 4 is 17.6 Å². The summed E-state index contributed by atoms with van der Waals surface area (Å²) in [5, 5.41) is 57.4. The van der Waals surface area contributed by atoms with Crippen LogP contribution in [0.15, 0.2) is 54.9 Å². The number of nitrogens with one attached hydrogen (secondary N) is 3. The molecule has 2 aliphatic rings. The van der Waals surface area contributed by atoms with Crippen molar-refractivity contribution < 1.29 is 35.1 Å². The van der Waals surface area contributed by atoms with Crippen molar-refractivity contribution in [2.45, 2.75) is 94.5 Å². The molecule has 4 atom stereocenters. The molecule has 11 nitrogen and oxygen atoms in total. The van der Waals surface area contributed by atoms with Gasteiger partial charge in [0.15, 0.2) is 0 Å². The first-order valence-electron chi connectivity index (χ1n) is 16.7. The van der Waals surface area contributed by atoms with Gasteiger partial charge in [0.05, 0.1) is 18.8 Å². The van der Waals surface area contributed by atoms with Gasteiger partial charge in [-0.05, 0) is 97.9 Å². The predicted molar refractivity (Wildman–Crippen MR) is 183 cm³/mol. The van der Waals surface area contributed by atoms with Crippen molar-refractivity contribution in [3.05, 3.63) is 82.1 Å². The molecule has 48 heavy (non-hydrogen) atoms. The molecular weight excluding hydrogens is 636 g/mol. The third kappa shape index (κ3) is 9.23. The van der Waals surface area contributed by atoms with Crippen LogP contribution in [0.1, 0.15) is 60.8 Å². The number of aryl methyl sites for hydroxylation is 2. The number of halogens is 1. The molecular formula is C36H47ClN4O7. The van der Waals surface area contributed by atoms with Gasteiger partial charge in [0.1, 0.15) is 24.1 Å². The lowest BCUT2D eigenvalue weighted by atomic mass is 9.94. The van der Waals surface area contributed by atoms with Crippen LogP contribution in [0.3, 0.4) is 0 Å². The zero-order valence-electron chi connectivity index (χ0n) is 27.2. The van der Waals surface area contributed by atoms with Gasteiger partial charge in [-0.1, -0.05) is 35.9 Å². The molecule has 5 rings (SSSR count). The number of urea groups is 1. The van der Waals surface area contributed by atoms with E-state index in [4.69, 9.17) is 21.4 Å². The first-order valence-corrected chi connectivity index (χ1v) is 17.1. The highest BCUT2D eigenvalue weighted by molar-refractivity contribution is 6.31. The van der Waals surface area contributed by atoms with Crippen molar-refractivity contribution in [1.82, 2.24) is 20.9 Å². The summed E-state index contributed by atoms with van der Waals surface area (Å²) in [4.78, 5) is 16.6. The van der Waals surface area contributed by atoms with Crippen LogP contribution in [0.4, 0.5) is 4.79 Å². The van der Waals surface area contributed by atoms with Crippen LogP contribution in [0.2, 0.25) is 5.02 Å². The maximum absolute atomic E-state index is 12.1. The number of pyridine rings is 1. The Balaban J connectivity index is 1.09. The van der Waals surface area contributed by atoms with Crippen molar-refractivity contribution in [2.75, 3.05) is 19.7 Å². The zero-order valence-corrected chi connectivity index (χ0v) is 28.0. The number of benzene rings is 2. The van der Waals surface area contributed by atoms with Crippen LogP contribution in [0.5, 0.6) is 5.75 Å². The SMILES string of the molecule is Cc1cc(CNC2(c3cnccc3-c3ccccc3OC3CC3)CC2)c(Cl)cc1CCCCNC(=O)NCC(O)C(O)C(O)C(O)CO. The van der Waals surface area contributed by atoms with Crippen LogP contribution in [-0.2, 0) is 18.5 Å². The standard InChI is InChI=1S/C36H47ClN4O7/c1-22-16-24(29(37)17-23(22)6-4-5-14-39-35(47)40-20-30(43)33(45)34(46)31(44)21-42)18-41-36(12-13-36)28-19-38-15-11-26(28)27-7-2-3-8-32(27)48-25-9-10-25/h2-3,7-8,11,15-17,19,25,30-31,33-34,41-46H,4-6,9-10,12-14,18,20-21H2,1H3,(H2,39,40,47). The first-order chi connectivity index (χ1) is 23.1. The highest BCUT2D eigenvalue weighted by atomic mass is 35.5. The molecule has 2 saturated carbocycles. The molecule has 0 bridgehead atoms. The smallest absolute Gasteiger partial charge is 0.314 e. The Morgan fingerprint density at radius 1 is 1.00 bits per heavy atom. The van der Waals surface area contributed by atoms with Crippen molar-refractivity contribution in [3.63, 3.8) is 0 Å². The monoisotopic (exact) mass is 682 g/mol. The summed E-state index contributed by atoms with van der Waals surface area (Å²) in [6.45, 7) is 2.00. The highest BCUT2D eigenvalue weighted by Gasteiger charge is 2.46. The van der Waals surface area contributed by atoms with Crippen molar-refractivity contribution in [3.8, 4) is 16.9 Å². The minimum atomic E-state index is -1.74. The molecule has 1 heterocycles. The third-order valence-electron chi connectivity index (χ3n) is 9.16. The number of carbonyl (C=O) groups is 1. The Labute approximate surface area is 286 Å². The Bertz CT molecular complexity index is 1530. The summed E-state index contributed by atoms with van der Waals surface area (Å²) < 4.78 is 6.25. The van der Waals surface area contributed by atoms with Gasteiger partial charge in [-0.15, -0.1) is 0 Å². The summed E-state index contributed by atoms with van der Waals surface area (Å²) >= 11 is 6.79. The number of aliphatic hydroxyl groups excluding tert-OH is 5. The van der Waals surface area contributed by atoms with E-state index in [1.807, 2.05) is 30.6 Å². The molecule has 12 heteroatoms.